The number of methoxy groups -OCH3 is 1. The van der Waals surface area contributed by atoms with Gasteiger partial charge in [-0.25, -0.2) is 8.42 Å². The Morgan fingerprint density at radius 1 is 1.09 bits per heavy atom. The van der Waals surface area contributed by atoms with E-state index in [4.69, 9.17) is 4.74 Å². The van der Waals surface area contributed by atoms with E-state index < -0.39 is 10.0 Å². The number of piperidine rings is 2. The Labute approximate surface area is 200 Å². The number of thiophene rings is 1. The second-order valence-electron chi connectivity index (χ2n) is 8.74. The van der Waals surface area contributed by atoms with Crippen LogP contribution in [0.3, 0.4) is 0 Å². The number of carbonyl (C=O) groups is 1. The molecule has 2 fully saturated rings. The second kappa shape index (κ2) is 11.0. The Bertz CT molecular complexity index is 995. The van der Waals surface area contributed by atoms with Crippen molar-refractivity contribution in [1.82, 2.24) is 14.5 Å². The number of likely N-dealkylation sites (tertiary alicyclic amines) is 1. The molecule has 1 amide bonds. The SMILES string of the molecule is COc1ccc([C@H](CNC(=O)C2CCN(S(=O)(=O)c3cccs3)CC2)N2CCCCC2)cc1. The van der Waals surface area contributed by atoms with Gasteiger partial charge in [0, 0.05) is 25.6 Å². The number of carbonyl (C=O) groups excluding carboxylic acids is 1. The summed E-state index contributed by atoms with van der Waals surface area (Å²) in [5, 5.41) is 4.95. The molecule has 1 N–H and O–H groups in total. The van der Waals surface area contributed by atoms with Gasteiger partial charge in [-0.05, 0) is 67.9 Å². The number of rotatable bonds is 8. The molecule has 1 aromatic heterocycles. The maximum Gasteiger partial charge on any atom is 0.252 e. The third-order valence-electron chi connectivity index (χ3n) is 6.72. The number of benzene rings is 1. The first-order chi connectivity index (χ1) is 16.0. The summed E-state index contributed by atoms with van der Waals surface area (Å²) in [7, 11) is -1.79. The molecule has 2 saturated heterocycles. The van der Waals surface area contributed by atoms with Crippen LogP contribution < -0.4 is 10.1 Å². The lowest BCUT2D eigenvalue weighted by atomic mass is 9.96. The van der Waals surface area contributed by atoms with Gasteiger partial charge in [0.05, 0.1) is 13.2 Å². The van der Waals surface area contributed by atoms with Crippen LogP contribution in [0, 0.1) is 5.92 Å². The molecule has 0 radical (unpaired) electrons. The minimum absolute atomic E-state index is 0.0266. The lowest BCUT2D eigenvalue weighted by Gasteiger charge is -2.36. The summed E-state index contributed by atoms with van der Waals surface area (Å²) < 4.78 is 32.7. The molecule has 7 nitrogen and oxygen atoms in total. The zero-order valence-electron chi connectivity index (χ0n) is 19.1. The fraction of sp³-hybridized carbons (Fsp3) is 0.542. The third-order valence-corrected chi connectivity index (χ3v) is 9.99. The number of nitrogens with zero attached hydrogens (tertiary/aromatic N) is 2. The lowest BCUT2D eigenvalue weighted by molar-refractivity contribution is -0.126. The first-order valence-electron chi connectivity index (χ1n) is 11.7. The van der Waals surface area contributed by atoms with Crippen LogP contribution in [0.2, 0.25) is 0 Å². The normalized spacial score (nSPS) is 19.8. The predicted octanol–water partition coefficient (Wildman–Crippen LogP) is 3.50. The van der Waals surface area contributed by atoms with Crippen molar-refractivity contribution in [2.75, 3.05) is 39.8 Å². The first kappa shape index (κ1) is 24.2. The highest BCUT2D eigenvalue weighted by Crippen LogP contribution is 2.28. The van der Waals surface area contributed by atoms with Crippen molar-refractivity contribution in [1.29, 1.82) is 0 Å². The number of ether oxygens (including phenoxy) is 1. The van der Waals surface area contributed by atoms with E-state index >= 15 is 0 Å². The Balaban J connectivity index is 1.35. The lowest BCUT2D eigenvalue weighted by Crippen LogP contribution is -2.45. The molecule has 0 unspecified atom stereocenters. The molecule has 0 bridgehead atoms. The summed E-state index contributed by atoms with van der Waals surface area (Å²) in [6.07, 6.45) is 4.71. The Morgan fingerprint density at radius 2 is 1.79 bits per heavy atom. The number of hydrogen-bond acceptors (Lipinski definition) is 6. The predicted molar refractivity (Wildman–Crippen MR) is 130 cm³/mol. The third kappa shape index (κ3) is 5.77. The van der Waals surface area contributed by atoms with Crippen molar-refractivity contribution in [2.24, 2.45) is 5.92 Å². The summed E-state index contributed by atoms with van der Waals surface area (Å²) in [5.74, 6) is 0.695. The van der Waals surface area contributed by atoms with Crippen LogP contribution in [0.4, 0.5) is 0 Å². The Hall–Kier alpha value is -1.94. The van der Waals surface area contributed by atoms with Gasteiger partial charge in [0.1, 0.15) is 9.96 Å². The molecule has 2 aliphatic rings. The summed E-state index contributed by atoms with van der Waals surface area (Å²) in [5.41, 5.74) is 1.18. The average molecular weight is 492 g/mol. The number of amides is 1. The highest BCUT2D eigenvalue weighted by molar-refractivity contribution is 7.91. The smallest absolute Gasteiger partial charge is 0.252 e. The molecule has 180 valence electrons. The van der Waals surface area contributed by atoms with Gasteiger partial charge in [-0.2, -0.15) is 4.31 Å². The highest BCUT2D eigenvalue weighted by atomic mass is 32.2. The summed E-state index contributed by atoms with van der Waals surface area (Å²) in [6, 6.07) is 11.6. The van der Waals surface area contributed by atoms with E-state index in [1.807, 2.05) is 12.1 Å². The van der Waals surface area contributed by atoms with Gasteiger partial charge < -0.3 is 10.1 Å². The molecule has 0 aliphatic carbocycles. The molecule has 0 spiro atoms. The first-order valence-corrected chi connectivity index (χ1v) is 14.0. The summed E-state index contributed by atoms with van der Waals surface area (Å²) >= 11 is 1.23. The van der Waals surface area contributed by atoms with Crippen LogP contribution in [0.15, 0.2) is 46.0 Å². The van der Waals surface area contributed by atoms with Crippen LogP contribution >= 0.6 is 11.3 Å². The number of nitrogens with one attached hydrogen (secondary N) is 1. The summed E-state index contributed by atoms with van der Waals surface area (Å²) in [4.78, 5) is 15.4. The number of sulfonamides is 1. The molecular weight excluding hydrogens is 458 g/mol. The van der Waals surface area contributed by atoms with E-state index in [9.17, 15) is 13.2 Å². The monoisotopic (exact) mass is 491 g/mol. The Morgan fingerprint density at radius 3 is 2.39 bits per heavy atom. The average Bonchev–Trinajstić information content (AvgIpc) is 3.41. The maximum atomic E-state index is 13.0. The minimum Gasteiger partial charge on any atom is -0.497 e. The van der Waals surface area contributed by atoms with Gasteiger partial charge in [0.15, 0.2) is 0 Å². The van der Waals surface area contributed by atoms with E-state index in [1.165, 1.54) is 40.5 Å². The van der Waals surface area contributed by atoms with E-state index in [-0.39, 0.29) is 17.9 Å². The van der Waals surface area contributed by atoms with Crippen molar-refractivity contribution in [3.8, 4) is 5.75 Å². The molecule has 9 heteroatoms. The minimum atomic E-state index is -3.45. The Kier molecular flexibility index (Phi) is 8.06. The van der Waals surface area contributed by atoms with Gasteiger partial charge in [0.2, 0.25) is 5.91 Å². The zero-order chi connectivity index (χ0) is 23.3. The van der Waals surface area contributed by atoms with Crippen molar-refractivity contribution >= 4 is 27.3 Å². The standard InChI is InChI=1S/C24H33N3O4S2/c1-31-21-9-7-19(8-10-21)22(26-13-3-2-4-14-26)18-25-24(28)20-11-15-27(16-12-20)33(29,30)23-6-5-17-32-23/h5-10,17,20,22H,2-4,11-16,18H2,1H3,(H,25,28)/t22-/m0/s1. The topological polar surface area (TPSA) is 79.0 Å². The van der Waals surface area contributed by atoms with Crippen molar-refractivity contribution in [3.63, 3.8) is 0 Å². The largest absolute Gasteiger partial charge is 0.497 e. The molecule has 2 aliphatic heterocycles. The highest BCUT2D eigenvalue weighted by Gasteiger charge is 2.33. The van der Waals surface area contributed by atoms with E-state index in [1.54, 1.807) is 24.6 Å². The van der Waals surface area contributed by atoms with Crippen LogP contribution in [0.1, 0.15) is 43.7 Å². The maximum absolute atomic E-state index is 13.0. The zero-order valence-corrected chi connectivity index (χ0v) is 20.7. The fourth-order valence-electron chi connectivity index (χ4n) is 4.75. The molecule has 2 aromatic rings. The van der Waals surface area contributed by atoms with Crippen molar-refractivity contribution in [2.45, 2.75) is 42.4 Å². The quantitative estimate of drug-likeness (QED) is 0.612. The molecule has 4 rings (SSSR count). The molecule has 0 saturated carbocycles. The van der Waals surface area contributed by atoms with E-state index in [2.05, 4.69) is 22.3 Å². The molecular formula is C24H33N3O4S2. The van der Waals surface area contributed by atoms with E-state index in [0.717, 1.165) is 18.8 Å². The van der Waals surface area contributed by atoms with Gasteiger partial charge >= 0.3 is 0 Å². The van der Waals surface area contributed by atoms with Crippen molar-refractivity contribution in [3.05, 3.63) is 47.3 Å². The molecule has 1 atom stereocenters. The van der Waals surface area contributed by atoms with Crippen LogP contribution in [0.5, 0.6) is 5.75 Å². The van der Waals surface area contributed by atoms with Crippen molar-refractivity contribution < 1.29 is 17.9 Å². The van der Waals surface area contributed by atoms with Crippen LogP contribution in [-0.4, -0.2) is 63.4 Å². The van der Waals surface area contributed by atoms with E-state index in [0.29, 0.717) is 36.7 Å². The van der Waals surface area contributed by atoms with Gasteiger partial charge in [-0.3, -0.25) is 9.69 Å². The van der Waals surface area contributed by atoms with Gasteiger partial charge in [-0.1, -0.05) is 24.6 Å². The fourth-order valence-corrected chi connectivity index (χ4v) is 7.37. The van der Waals surface area contributed by atoms with Gasteiger partial charge in [-0.15, -0.1) is 11.3 Å². The van der Waals surface area contributed by atoms with Crippen LogP contribution in [0.25, 0.3) is 0 Å². The van der Waals surface area contributed by atoms with Crippen LogP contribution in [-0.2, 0) is 14.8 Å². The molecule has 33 heavy (non-hydrogen) atoms. The van der Waals surface area contributed by atoms with Gasteiger partial charge in [0.25, 0.3) is 10.0 Å². The molecule has 3 heterocycles. The summed E-state index contributed by atoms with van der Waals surface area (Å²) in [6.45, 7) is 3.38. The molecule has 1 aromatic carbocycles. The second-order valence-corrected chi connectivity index (χ2v) is 11.9. The number of hydrogen-bond donors (Lipinski definition) is 1.